The molecule has 0 radical (unpaired) electrons. The van der Waals surface area contributed by atoms with Gasteiger partial charge in [0.1, 0.15) is 5.01 Å². The fraction of sp³-hybridized carbons (Fsp3) is 0.357. The molecule has 2 rings (SSSR count). The van der Waals surface area contributed by atoms with Gasteiger partial charge in [0.2, 0.25) is 0 Å². The van der Waals surface area contributed by atoms with Crippen molar-refractivity contribution >= 4 is 11.3 Å². The number of aromatic nitrogens is 1. The maximum Gasteiger partial charge on any atom is 0.115 e. The first-order valence-corrected chi connectivity index (χ1v) is 6.87. The largest absolute Gasteiger partial charge is 0.325 e. The molecule has 0 saturated heterocycles. The Morgan fingerprint density at radius 1 is 1.28 bits per heavy atom. The molecule has 1 aromatic heterocycles. The summed E-state index contributed by atoms with van der Waals surface area (Å²) in [6.07, 6.45) is 0. The van der Waals surface area contributed by atoms with Gasteiger partial charge in [-0.15, -0.1) is 11.3 Å². The van der Waals surface area contributed by atoms with Crippen molar-refractivity contribution in [2.24, 2.45) is 5.73 Å². The zero-order chi connectivity index (χ0) is 13.1. The van der Waals surface area contributed by atoms with E-state index < -0.39 is 0 Å². The highest BCUT2D eigenvalue weighted by molar-refractivity contribution is 7.09. The summed E-state index contributed by atoms with van der Waals surface area (Å²) in [7, 11) is 4.15. The second-order valence-corrected chi connectivity index (χ2v) is 5.55. The van der Waals surface area contributed by atoms with E-state index in [1.54, 1.807) is 11.3 Å². The number of nitrogens with zero attached hydrogens (tertiary/aromatic N) is 2. The fourth-order valence-electron chi connectivity index (χ4n) is 1.95. The summed E-state index contributed by atoms with van der Waals surface area (Å²) in [5.41, 5.74) is 9.14. The van der Waals surface area contributed by atoms with Gasteiger partial charge in [0.05, 0.1) is 11.7 Å². The van der Waals surface area contributed by atoms with Crippen molar-refractivity contribution < 1.29 is 0 Å². The van der Waals surface area contributed by atoms with Crippen molar-refractivity contribution in [1.29, 1.82) is 0 Å². The molecule has 0 spiro atoms. The minimum Gasteiger partial charge on any atom is -0.325 e. The van der Waals surface area contributed by atoms with Crippen molar-refractivity contribution in [3.8, 4) is 0 Å². The standard InChI is InChI=1S/C14H19N3S/c1-10-4-6-11(7-5-10)13(17(2)3)14-16-12(8-15)9-18-14/h4-7,9,13H,8,15H2,1-3H3. The van der Waals surface area contributed by atoms with E-state index in [9.17, 15) is 0 Å². The Morgan fingerprint density at radius 3 is 2.44 bits per heavy atom. The highest BCUT2D eigenvalue weighted by Gasteiger charge is 2.19. The molecule has 96 valence electrons. The molecule has 0 bridgehead atoms. The first-order valence-electron chi connectivity index (χ1n) is 5.99. The van der Waals surface area contributed by atoms with Crippen LogP contribution in [-0.2, 0) is 6.54 Å². The van der Waals surface area contributed by atoms with E-state index in [1.807, 2.05) is 5.38 Å². The Morgan fingerprint density at radius 2 is 1.94 bits per heavy atom. The number of hydrogen-bond acceptors (Lipinski definition) is 4. The third kappa shape index (κ3) is 2.77. The van der Waals surface area contributed by atoms with Crippen molar-refractivity contribution in [2.75, 3.05) is 14.1 Å². The average Bonchev–Trinajstić information content (AvgIpc) is 2.80. The molecule has 1 heterocycles. The van der Waals surface area contributed by atoms with Crippen LogP contribution in [0, 0.1) is 6.92 Å². The molecule has 1 unspecified atom stereocenters. The number of aryl methyl sites for hydroxylation is 1. The summed E-state index contributed by atoms with van der Waals surface area (Å²) in [6.45, 7) is 2.61. The molecule has 0 aliphatic carbocycles. The average molecular weight is 261 g/mol. The topological polar surface area (TPSA) is 42.1 Å². The van der Waals surface area contributed by atoms with Crippen molar-refractivity contribution in [2.45, 2.75) is 19.5 Å². The predicted octanol–water partition coefficient (Wildman–Crippen LogP) is 2.56. The molecular weight excluding hydrogens is 242 g/mol. The minimum atomic E-state index is 0.205. The second-order valence-electron chi connectivity index (χ2n) is 4.66. The quantitative estimate of drug-likeness (QED) is 0.919. The van der Waals surface area contributed by atoms with Crippen LogP contribution in [0.4, 0.5) is 0 Å². The maximum atomic E-state index is 5.63. The molecule has 0 fully saturated rings. The second kappa shape index (κ2) is 5.61. The maximum absolute atomic E-state index is 5.63. The lowest BCUT2D eigenvalue weighted by molar-refractivity contribution is 0.341. The summed E-state index contributed by atoms with van der Waals surface area (Å²) in [5.74, 6) is 0. The third-order valence-electron chi connectivity index (χ3n) is 2.92. The van der Waals surface area contributed by atoms with Crippen molar-refractivity contribution in [1.82, 2.24) is 9.88 Å². The Kier molecular flexibility index (Phi) is 4.11. The molecule has 3 nitrogen and oxygen atoms in total. The van der Waals surface area contributed by atoms with E-state index in [1.165, 1.54) is 11.1 Å². The molecular formula is C14H19N3S. The monoisotopic (exact) mass is 261 g/mol. The molecule has 2 N–H and O–H groups in total. The number of benzene rings is 1. The smallest absolute Gasteiger partial charge is 0.115 e. The van der Waals surface area contributed by atoms with Gasteiger partial charge in [-0.05, 0) is 26.6 Å². The Balaban J connectivity index is 2.36. The lowest BCUT2D eigenvalue weighted by atomic mass is 10.0. The molecule has 0 amide bonds. The summed E-state index contributed by atoms with van der Waals surface area (Å²) in [5, 5.41) is 3.14. The van der Waals surface area contributed by atoms with Gasteiger partial charge in [0.15, 0.2) is 0 Å². The van der Waals surface area contributed by atoms with Crippen molar-refractivity contribution in [3.63, 3.8) is 0 Å². The molecule has 1 aromatic carbocycles. The van der Waals surface area contributed by atoms with Gasteiger partial charge >= 0.3 is 0 Å². The van der Waals surface area contributed by atoms with E-state index in [-0.39, 0.29) is 6.04 Å². The van der Waals surface area contributed by atoms with Crippen LogP contribution in [0.5, 0.6) is 0 Å². The fourth-order valence-corrected chi connectivity index (χ4v) is 3.00. The summed E-state index contributed by atoms with van der Waals surface area (Å²) >= 11 is 1.68. The van der Waals surface area contributed by atoms with Gasteiger partial charge in [-0.2, -0.15) is 0 Å². The van der Waals surface area contributed by atoms with Crippen molar-refractivity contribution in [3.05, 3.63) is 51.5 Å². The predicted molar refractivity (Wildman–Crippen MR) is 76.7 cm³/mol. The molecule has 4 heteroatoms. The molecule has 1 atom stereocenters. The van der Waals surface area contributed by atoms with E-state index in [2.05, 4.69) is 55.2 Å². The van der Waals surface area contributed by atoms with Gasteiger partial charge in [-0.3, -0.25) is 4.90 Å². The normalized spacial score (nSPS) is 12.9. The lowest BCUT2D eigenvalue weighted by Gasteiger charge is -2.22. The SMILES string of the molecule is Cc1ccc(C(c2nc(CN)cs2)N(C)C)cc1. The molecule has 0 aliphatic rings. The number of rotatable bonds is 4. The van der Waals surface area contributed by atoms with Crippen LogP contribution in [0.15, 0.2) is 29.6 Å². The Labute approximate surface area is 112 Å². The van der Waals surface area contributed by atoms with Gasteiger partial charge in [-0.1, -0.05) is 29.8 Å². The van der Waals surface area contributed by atoms with Gasteiger partial charge in [0.25, 0.3) is 0 Å². The summed E-state index contributed by atoms with van der Waals surface area (Å²) in [4.78, 5) is 6.79. The zero-order valence-electron chi connectivity index (χ0n) is 11.1. The van der Waals surface area contributed by atoms with Crippen LogP contribution >= 0.6 is 11.3 Å². The van der Waals surface area contributed by atoms with Gasteiger partial charge in [-0.25, -0.2) is 4.98 Å². The number of nitrogens with two attached hydrogens (primary N) is 1. The van der Waals surface area contributed by atoms with Crippen LogP contribution in [-0.4, -0.2) is 24.0 Å². The summed E-state index contributed by atoms with van der Waals surface area (Å²) < 4.78 is 0. The van der Waals surface area contributed by atoms with Gasteiger partial charge < -0.3 is 5.73 Å². The lowest BCUT2D eigenvalue weighted by Crippen LogP contribution is -2.21. The molecule has 0 aliphatic heterocycles. The van der Waals surface area contributed by atoms with Gasteiger partial charge in [0, 0.05) is 11.9 Å². The van der Waals surface area contributed by atoms with E-state index in [0.717, 1.165) is 10.7 Å². The number of hydrogen-bond donors (Lipinski definition) is 1. The number of thiazole rings is 1. The van der Waals surface area contributed by atoms with E-state index >= 15 is 0 Å². The van der Waals surface area contributed by atoms with Crippen LogP contribution < -0.4 is 5.73 Å². The third-order valence-corrected chi connectivity index (χ3v) is 3.87. The Bertz CT molecular complexity index is 502. The first kappa shape index (κ1) is 13.2. The van der Waals surface area contributed by atoms with E-state index in [0.29, 0.717) is 6.54 Å². The van der Waals surface area contributed by atoms with Crippen LogP contribution in [0.2, 0.25) is 0 Å². The highest BCUT2D eigenvalue weighted by atomic mass is 32.1. The van der Waals surface area contributed by atoms with Crippen LogP contribution in [0.1, 0.15) is 27.9 Å². The van der Waals surface area contributed by atoms with E-state index in [4.69, 9.17) is 5.73 Å². The first-order chi connectivity index (χ1) is 8.61. The zero-order valence-corrected chi connectivity index (χ0v) is 11.9. The molecule has 2 aromatic rings. The van der Waals surface area contributed by atoms with Crippen LogP contribution in [0.3, 0.4) is 0 Å². The minimum absolute atomic E-state index is 0.205. The molecule has 0 saturated carbocycles. The van der Waals surface area contributed by atoms with Crippen LogP contribution in [0.25, 0.3) is 0 Å². The Hall–Kier alpha value is -1.23. The highest BCUT2D eigenvalue weighted by Crippen LogP contribution is 2.29. The molecule has 18 heavy (non-hydrogen) atoms. The summed E-state index contributed by atoms with van der Waals surface area (Å²) in [6, 6.07) is 8.83.